The minimum absolute atomic E-state index is 0.0746. The second kappa shape index (κ2) is 5.74. The van der Waals surface area contributed by atoms with Gasteiger partial charge >= 0.3 is 5.97 Å². The van der Waals surface area contributed by atoms with Gasteiger partial charge in [0.1, 0.15) is 5.70 Å². The summed E-state index contributed by atoms with van der Waals surface area (Å²) in [6.07, 6.45) is 1.50. The topological polar surface area (TPSA) is 81.4 Å². The third-order valence-corrected chi connectivity index (χ3v) is 1.94. The van der Waals surface area contributed by atoms with E-state index in [1.165, 1.54) is 21.0 Å². The first-order chi connectivity index (χ1) is 8.02. The van der Waals surface area contributed by atoms with Crippen molar-refractivity contribution in [3.05, 3.63) is 35.5 Å². The smallest absolute Gasteiger partial charge is 0.354 e. The molecule has 5 nitrogen and oxygen atoms in total. The molecule has 1 aromatic rings. The Labute approximate surface area is 100 Å². The molecule has 0 bridgehead atoms. The molecule has 88 valence electrons. The third kappa shape index (κ3) is 4.02. The van der Waals surface area contributed by atoms with Gasteiger partial charge in [-0.1, -0.05) is 12.1 Å². The van der Waals surface area contributed by atoms with E-state index in [1.54, 1.807) is 24.3 Å². The van der Waals surface area contributed by atoms with Crippen LogP contribution in [0.1, 0.15) is 5.56 Å². The van der Waals surface area contributed by atoms with Crippen molar-refractivity contribution < 1.29 is 14.3 Å². The highest BCUT2D eigenvalue weighted by molar-refractivity contribution is 6.57. The zero-order valence-corrected chi connectivity index (χ0v) is 9.69. The average molecular weight is 232 g/mol. The van der Waals surface area contributed by atoms with Crippen LogP contribution < -0.4 is 11.1 Å². The van der Waals surface area contributed by atoms with Gasteiger partial charge in [0.2, 0.25) is 7.85 Å². The van der Waals surface area contributed by atoms with E-state index < -0.39 is 5.97 Å². The van der Waals surface area contributed by atoms with Gasteiger partial charge in [-0.05, 0) is 23.8 Å². The molecule has 0 spiro atoms. The Morgan fingerprint density at radius 2 is 2.18 bits per heavy atom. The highest BCUT2D eigenvalue weighted by Gasteiger charge is 2.10. The van der Waals surface area contributed by atoms with E-state index in [0.717, 1.165) is 0 Å². The van der Waals surface area contributed by atoms with Gasteiger partial charge in [-0.15, -0.1) is 0 Å². The Kier molecular flexibility index (Phi) is 4.33. The van der Waals surface area contributed by atoms with Crippen LogP contribution in [0.15, 0.2) is 30.0 Å². The molecule has 0 aromatic heterocycles. The van der Waals surface area contributed by atoms with E-state index >= 15 is 0 Å². The number of rotatable bonds is 3. The van der Waals surface area contributed by atoms with Gasteiger partial charge < -0.3 is 15.8 Å². The number of hydrogen-bond acceptors (Lipinski definition) is 4. The molecule has 0 aliphatic carbocycles. The number of hydrogen-bond donors (Lipinski definition) is 2. The maximum absolute atomic E-state index is 11.4. The Morgan fingerprint density at radius 1 is 1.47 bits per heavy atom. The fourth-order valence-corrected chi connectivity index (χ4v) is 1.26. The number of carbonyl (C=O) groups excluding carboxylic acids is 2. The van der Waals surface area contributed by atoms with Crippen LogP contribution in [0.2, 0.25) is 0 Å². The molecule has 1 amide bonds. The number of esters is 1. The summed E-state index contributed by atoms with van der Waals surface area (Å²) in [4.78, 5) is 22.3. The Hall–Kier alpha value is -2.24. The zero-order chi connectivity index (χ0) is 12.8. The second-order valence-corrected chi connectivity index (χ2v) is 3.40. The number of benzene rings is 1. The van der Waals surface area contributed by atoms with Crippen molar-refractivity contribution in [2.24, 2.45) is 0 Å². The van der Waals surface area contributed by atoms with Crippen molar-refractivity contribution in [1.82, 2.24) is 5.32 Å². The number of methoxy groups -OCH3 is 1. The molecule has 0 atom stereocenters. The van der Waals surface area contributed by atoms with Crippen LogP contribution in [0, 0.1) is 0 Å². The maximum Gasteiger partial charge on any atom is 0.354 e. The summed E-state index contributed by atoms with van der Waals surface area (Å²) in [5.41, 5.74) is 6.97. The highest BCUT2D eigenvalue weighted by Crippen LogP contribution is 2.10. The summed E-state index contributed by atoms with van der Waals surface area (Å²) >= 11 is 0. The van der Waals surface area contributed by atoms with E-state index in [2.05, 4.69) is 10.1 Å². The Balaban J connectivity index is 3.04. The lowest BCUT2D eigenvalue weighted by atomic mass is 10.1. The third-order valence-electron chi connectivity index (χ3n) is 1.94. The van der Waals surface area contributed by atoms with E-state index in [9.17, 15) is 9.59 Å². The van der Waals surface area contributed by atoms with Crippen LogP contribution in [0.3, 0.4) is 0 Å². The van der Waals surface area contributed by atoms with Gasteiger partial charge in [0.25, 0.3) is 0 Å². The number of carbonyl (C=O) groups is 2. The zero-order valence-electron chi connectivity index (χ0n) is 9.69. The summed E-state index contributed by atoms with van der Waals surface area (Å²) in [5, 5.41) is 2.41. The van der Waals surface area contributed by atoms with E-state index in [-0.39, 0.29) is 11.5 Å². The van der Waals surface area contributed by atoms with Crippen LogP contribution in [0.5, 0.6) is 0 Å². The van der Waals surface area contributed by atoms with Gasteiger partial charge in [-0.3, -0.25) is 4.79 Å². The van der Waals surface area contributed by atoms with Gasteiger partial charge in [-0.2, -0.15) is 0 Å². The van der Waals surface area contributed by atoms with Crippen molar-refractivity contribution in [3.8, 4) is 0 Å². The summed E-state index contributed by atoms with van der Waals surface area (Å²) in [6.45, 7) is 0. The van der Waals surface area contributed by atoms with E-state index in [4.69, 9.17) is 5.73 Å². The number of nitrogens with one attached hydrogen (secondary N) is 1. The van der Waals surface area contributed by atoms with E-state index in [0.29, 0.717) is 11.3 Å². The van der Waals surface area contributed by atoms with Crippen LogP contribution in [0.25, 0.3) is 6.08 Å². The van der Waals surface area contributed by atoms with E-state index in [1.807, 2.05) is 0 Å². The number of nitrogens with two attached hydrogens (primary N) is 1. The van der Waals surface area contributed by atoms with Gasteiger partial charge in [0.05, 0.1) is 7.11 Å². The second-order valence-electron chi connectivity index (χ2n) is 3.40. The monoisotopic (exact) mass is 232 g/mol. The lowest BCUT2D eigenvalue weighted by Crippen LogP contribution is -2.26. The highest BCUT2D eigenvalue weighted by atomic mass is 16.5. The Bertz CT molecular complexity index is 472. The minimum Gasteiger partial charge on any atom is -0.464 e. The van der Waals surface area contributed by atoms with Crippen molar-refractivity contribution in [2.75, 3.05) is 12.8 Å². The van der Waals surface area contributed by atoms with Crippen LogP contribution in [-0.4, -0.2) is 26.7 Å². The quantitative estimate of drug-likeness (QED) is 0.336. The number of anilines is 1. The molecule has 3 N–H and O–H groups in total. The Morgan fingerprint density at radius 3 is 2.71 bits per heavy atom. The van der Waals surface area contributed by atoms with Crippen LogP contribution >= 0.6 is 0 Å². The summed E-state index contributed by atoms with van der Waals surface area (Å²) in [6, 6.07) is 6.93. The maximum atomic E-state index is 11.4. The number of ether oxygens (including phenoxy) is 1. The summed E-state index contributed by atoms with van der Waals surface area (Å²) in [5.74, 6) is -0.951. The first kappa shape index (κ1) is 12.8. The van der Waals surface area contributed by atoms with Gasteiger partial charge in [0, 0.05) is 5.69 Å². The molecule has 0 radical (unpaired) electrons. The molecule has 0 unspecified atom stereocenters. The first-order valence-electron chi connectivity index (χ1n) is 4.96. The molecular weight excluding hydrogens is 219 g/mol. The number of nitrogen functional groups attached to an aromatic ring is 1. The predicted molar refractivity (Wildman–Crippen MR) is 67.9 cm³/mol. The van der Waals surface area contributed by atoms with Crippen molar-refractivity contribution in [3.63, 3.8) is 0 Å². The SMILES string of the molecule is BC(=O)N/C(=C/c1cccc(N)c1)C(=O)OC. The molecule has 0 fully saturated rings. The summed E-state index contributed by atoms with van der Waals surface area (Å²) < 4.78 is 4.56. The lowest BCUT2D eigenvalue weighted by molar-refractivity contribution is -0.136. The van der Waals surface area contributed by atoms with Gasteiger partial charge in [-0.25, -0.2) is 4.79 Å². The van der Waals surface area contributed by atoms with Crippen molar-refractivity contribution in [2.45, 2.75) is 0 Å². The minimum atomic E-state index is -0.609. The molecule has 1 rings (SSSR count). The molecule has 0 heterocycles. The molecule has 17 heavy (non-hydrogen) atoms. The van der Waals surface area contributed by atoms with Crippen LogP contribution in [-0.2, 0) is 9.53 Å². The standard InChI is InChI=1S/C11H13BN2O3/c1-17-10(15)9(14-11(12)16)6-7-3-2-4-8(13)5-7/h2-6H,12-13H2,1H3,(H,14,16)/b9-6+. The molecule has 0 aliphatic heterocycles. The fraction of sp³-hybridized carbons (Fsp3) is 0.0909. The first-order valence-corrected chi connectivity index (χ1v) is 4.96. The molecule has 1 aromatic carbocycles. The van der Waals surface area contributed by atoms with Crippen LogP contribution in [0.4, 0.5) is 10.5 Å². The normalized spacial score (nSPS) is 10.8. The fourth-order valence-electron chi connectivity index (χ4n) is 1.26. The predicted octanol–water partition coefficient (Wildman–Crippen LogP) is 0.125. The van der Waals surface area contributed by atoms with Crippen molar-refractivity contribution in [1.29, 1.82) is 0 Å². The molecule has 6 heteroatoms. The largest absolute Gasteiger partial charge is 0.464 e. The number of amides is 1. The lowest BCUT2D eigenvalue weighted by Gasteiger charge is -2.06. The molecule has 0 saturated carbocycles. The van der Waals surface area contributed by atoms with Gasteiger partial charge in [0.15, 0.2) is 5.81 Å². The van der Waals surface area contributed by atoms with Crippen molar-refractivity contribution >= 4 is 31.4 Å². The summed E-state index contributed by atoms with van der Waals surface area (Å²) in [7, 11) is 2.56. The molecule has 0 aliphatic rings. The molecular formula is C11H13BN2O3. The molecule has 0 saturated heterocycles. The average Bonchev–Trinajstić information content (AvgIpc) is 2.26.